The van der Waals surface area contributed by atoms with Crippen LogP contribution in [0.4, 0.5) is 16.3 Å². The Kier molecular flexibility index (Phi) is 6.67. The first-order valence-electron chi connectivity index (χ1n) is 9.26. The Hall–Kier alpha value is -3.29. The number of ether oxygens (including phenoxy) is 2. The third-order valence-corrected chi connectivity index (χ3v) is 4.27. The zero-order valence-corrected chi connectivity index (χ0v) is 15.8. The van der Waals surface area contributed by atoms with Gasteiger partial charge in [0.15, 0.2) is 6.61 Å². The van der Waals surface area contributed by atoms with Crippen LogP contribution in [0.3, 0.4) is 0 Å². The standard InChI is InChI=1S/C20H24N4O4/c1-2-27-20(26)24-12-10-23(11-13-24)18-9-8-16(14-21-18)22-19(25)15-28-17-6-4-3-5-7-17/h3-9,14H,2,10-13,15H2,1H3,(H,22,25). The van der Waals surface area contributed by atoms with Gasteiger partial charge in [-0.2, -0.15) is 0 Å². The van der Waals surface area contributed by atoms with E-state index in [1.807, 2.05) is 24.3 Å². The van der Waals surface area contributed by atoms with E-state index in [-0.39, 0.29) is 18.6 Å². The third kappa shape index (κ3) is 5.35. The second-order valence-corrected chi connectivity index (χ2v) is 6.23. The van der Waals surface area contributed by atoms with E-state index in [2.05, 4.69) is 15.2 Å². The lowest BCUT2D eigenvalue weighted by Gasteiger charge is -2.34. The number of carbonyl (C=O) groups excluding carboxylic acids is 2. The van der Waals surface area contributed by atoms with Crippen LogP contribution >= 0.6 is 0 Å². The summed E-state index contributed by atoms with van der Waals surface area (Å²) in [7, 11) is 0. The fraction of sp³-hybridized carbons (Fsp3) is 0.350. The molecule has 1 aromatic carbocycles. The molecule has 1 saturated heterocycles. The first-order valence-corrected chi connectivity index (χ1v) is 9.26. The topological polar surface area (TPSA) is 84.0 Å². The highest BCUT2D eigenvalue weighted by molar-refractivity contribution is 5.91. The monoisotopic (exact) mass is 384 g/mol. The smallest absolute Gasteiger partial charge is 0.409 e. The molecule has 1 aliphatic rings. The van der Waals surface area contributed by atoms with E-state index in [1.54, 1.807) is 36.2 Å². The summed E-state index contributed by atoms with van der Waals surface area (Å²) in [5.41, 5.74) is 0.607. The molecular formula is C20H24N4O4. The maximum atomic E-state index is 12.0. The van der Waals surface area contributed by atoms with Crippen LogP contribution in [-0.4, -0.2) is 61.3 Å². The molecule has 1 fully saturated rings. The van der Waals surface area contributed by atoms with Crippen LogP contribution < -0.4 is 15.0 Å². The Bertz CT molecular complexity index is 775. The molecule has 1 N–H and O–H groups in total. The largest absolute Gasteiger partial charge is 0.484 e. The van der Waals surface area contributed by atoms with Crippen LogP contribution in [0.15, 0.2) is 48.7 Å². The molecule has 0 aliphatic carbocycles. The molecule has 0 saturated carbocycles. The number of hydrogen-bond acceptors (Lipinski definition) is 6. The Balaban J connectivity index is 1.46. The Morgan fingerprint density at radius 3 is 2.46 bits per heavy atom. The summed E-state index contributed by atoms with van der Waals surface area (Å²) < 4.78 is 10.4. The lowest BCUT2D eigenvalue weighted by atomic mass is 10.3. The van der Waals surface area contributed by atoms with E-state index in [0.29, 0.717) is 44.2 Å². The van der Waals surface area contributed by atoms with Crippen molar-refractivity contribution in [2.45, 2.75) is 6.92 Å². The zero-order valence-electron chi connectivity index (χ0n) is 15.8. The van der Waals surface area contributed by atoms with E-state index >= 15 is 0 Å². The molecule has 1 aliphatic heterocycles. The second-order valence-electron chi connectivity index (χ2n) is 6.23. The van der Waals surface area contributed by atoms with Crippen molar-refractivity contribution in [1.29, 1.82) is 0 Å². The average Bonchev–Trinajstić information content (AvgIpc) is 2.74. The minimum atomic E-state index is -0.272. The van der Waals surface area contributed by atoms with Gasteiger partial charge in [-0.15, -0.1) is 0 Å². The van der Waals surface area contributed by atoms with Gasteiger partial charge in [0.25, 0.3) is 5.91 Å². The SMILES string of the molecule is CCOC(=O)N1CCN(c2ccc(NC(=O)COc3ccccc3)cn2)CC1. The normalized spacial score (nSPS) is 13.8. The first-order chi connectivity index (χ1) is 13.7. The van der Waals surface area contributed by atoms with Crippen molar-refractivity contribution in [1.82, 2.24) is 9.88 Å². The van der Waals surface area contributed by atoms with Crippen molar-refractivity contribution >= 4 is 23.5 Å². The van der Waals surface area contributed by atoms with Crippen LogP contribution in [0.1, 0.15) is 6.92 Å². The van der Waals surface area contributed by atoms with Crippen LogP contribution in [-0.2, 0) is 9.53 Å². The van der Waals surface area contributed by atoms with Gasteiger partial charge in [-0.3, -0.25) is 4.79 Å². The zero-order chi connectivity index (χ0) is 19.8. The van der Waals surface area contributed by atoms with Crippen molar-refractivity contribution in [3.05, 3.63) is 48.7 Å². The number of carbonyl (C=O) groups is 2. The quantitative estimate of drug-likeness (QED) is 0.823. The lowest BCUT2D eigenvalue weighted by Crippen LogP contribution is -2.49. The molecule has 3 rings (SSSR count). The summed E-state index contributed by atoms with van der Waals surface area (Å²) in [6.45, 7) is 4.66. The number of aromatic nitrogens is 1. The van der Waals surface area contributed by atoms with Crippen molar-refractivity contribution in [2.24, 2.45) is 0 Å². The highest BCUT2D eigenvalue weighted by Gasteiger charge is 2.22. The van der Waals surface area contributed by atoms with E-state index in [4.69, 9.17) is 9.47 Å². The summed E-state index contributed by atoms with van der Waals surface area (Å²) in [6, 6.07) is 12.8. The molecule has 2 heterocycles. The molecule has 28 heavy (non-hydrogen) atoms. The number of benzene rings is 1. The predicted octanol–water partition coefficient (Wildman–Crippen LogP) is 2.38. The molecule has 0 atom stereocenters. The summed E-state index contributed by atoms with van der Waals surface area (Å²) in [6.07, 6.45) is 1.35. The van der Waals surface area contributed by atoms with E-state index in [1.165, 1.54) is 0 Å². The highest BCUT2D eigenvalue weighted by Crippen LogP contribution is 2.17. The van der Waals surface area contributed by atoms with E-state index in [0.717, 1.165) is 5.82 Å². The summed E-state index contributed by atoms with van der Waals surface area (Å²) in [5.74, 6) is 1.21. The number of rotatable bonds is 6. The first kappa shape index (κ1) is 19.5. The Morgan fingerprint density at radius 2 is 1.82 bits per heavy atom. The number of amides is 2. The second kappa shape index (κ2) is 9.59. The highest BCUT2D eigenvalue weighted by atomic mass is 16.6. The van der Waals surface area contributed by atoms with Gasteiger partial charge in [0.05, 0.1) is 18.5 Å². The predicted molar refractivity (Wildman–Crippen MR) is 106 cm³/mol. The number of pyridine rings is 1. The van der Waals surface area contributed by atoms with Gasteiger partial charge < -0.3 is 24.6 Å². The number of piperazine rings is 1. The van der Waals surface area contributed by atoms with E-state index in [9.17, 15) is 9.59 Å². The third-order valence-electron chi connectivity index (χ3n) is 4.27. The van der Waals surface area contributed by atoms with Gasteiger partial charge in [0.1, 0.15) is 11.6 Å². The minimum Gasteiger partial charge on any atom is -0.484 e. The van der Waals surface area contributed by atoms with Gasteiger partial charge in [-0.25, -0.2) is 9.78 Å². The van der Waals surface area contributed by atoms with Crippen molar-refractivity contribution in [3.8, 4) is 5.75 Å². The van der Waals surface area contributed by atoms with Crippen molar-refractivity contribution < 1.29 is 19.1 Å². The van der Waals surface area contributed by atoms with E-state index < -0.39 is 0 Å². The Labute approximate surface area is 164 Å². The summed E-state index contributed by atoms with van der Waals surface area (Å²) >= 11 is 0. The Morgan fingerprint density at radius 1 is 1.07 bits per heavy atom. The molecule has 8 nitrogen and oxygen atoms in total. The molecular weight excluding hydrogens is 360 g/mol. The molecule has 2 amide bonds. The molecule has 0 bridgehead atoms. The number of nitrogens with one attached hydrogen (secondary N) is 1. The van der Waals surface area contributed by atoms with Gasteiger partial charge in [-0.1, -0.05) is 18.2 Å². The van der Waals surface area contributed by atoms with Gasteiger partial charge in [0.2, 0.25) is 0 Å². The van der Waals surface area contributed by atoms with Crippen LogP contribution in [0.5, 0.6) is 5.75 Å². The van der Waals surface area contributed by atoms with Gasteiger partial charge >= 0.3 is 6.09 Å². The number of nitrogens with zero attached hydrogens (tertiary/aromatic N) is 3. The van der Waals surface area contributed by atoms with Crippen molar-refractivity contribution in [2.75, 3.05) is 49.6 Å². The van der Waals surface area contributed by atoms with Crippen molar-refractivity contribution in [3.63, 3.8) is 0 Å². The molecule has 1 aromatic heterocycles. The molecule has 0 unspecified atom stereocenters. The maximum absolute atomic E-state index is 12.0. The lowest BCUT2D eigenvalue weighted by molar-refractivity contribution is -0.118. The minimum absolute atomic E-state index is 0.0679. The van der Waals surface area contributed by atoms with Gasteiger partial charge in [-0.05, 0) is 31.2 Å². The number of anilines is 2. The molecule has 8 heteroatoms. The molecule has 148 valence electrons. The van der Waals surface area contributed by atoms with Crippen LogP contribution in [0.2, 0.25) is 0 Å². The van der Waals surface area contributed by atoms with Gasteiger partial charge in [0, 0.05) is 26.2 Å². The fourth-order valence-electron chi connectivity index (χ4n) is 2.84. The summed E-state index contributed by atoms with van der Waals surface area (Å²) in [5, 5.41) is 2.76. The fourth-order valence-corrected chi connectivity index (χ4v) is 2.84. The summed E-state index contributed by atoms with van der Waals surface area (Å²) in [4.78, 5) is 32.0. The number of hydrogen-bond donors (Lipinski definition) is 1. The number of para-hydroxylation sites is 1. The molecule has 2 aromatic rings. The van der Waals surface area contributed by atoms with Crippen LogP contribution in [0.25, 0.3) is 0 Å². The maximum Gasteiger partial charge on any atom is 0.409 e. The molecule has 0 radical (unpaired) electrons. The van der Waals surface area contributed by atoms with Crippen LogP contribution in [0, 0.1) is 0 Å². The average molecular weight is 384 g/mol. The molecule has 0 spiro atoms.